The van der Waals surface area contributed by atoms with Crippen molar-refractivity contribution in [1.82, 2.24) is 0 Å². The van der Waals surface area contributed by atoms with E-state index in [4.69, 9.17) is 18.9 Å². The largest absolute Gasteiger partial charge is 0.510 e. The van der Waals surface area contributed by atoms with Gasteiger partial charge in [0.25, 0.3) is 0 Å². The molecular formula is C22H30O6. The van der Waals surface area contributed by atoms with Crippen LogP contribution in [0.5, 0.6) is 11.5 Å². The summed E-state index contributed by atoms with van der Waals surface area (Å²) in [5, 5.41) is 9.20. The number of benzene rings is 1. The van der Waals surface area contributed by atoms with Gasteiger partial charge in [-0.15, -0.1) is 0 Å². The van der Waals surface area contributed by atoms with Gasteiger partial charge in [-0.2, -0.15) is 0 Å². The zero-order chi connectivity index (χ0) is 19.6. The first-order valence-corrected chi connectivity index (χ1v) is 10.6. The first-order chi connectivity index (χ1) is 13.6. The SMILES string of the molecule is COc1ccc2c(c1)OC(OC(=O)O)OC2(C1CCCCC1)C1CCCCC1. The fraction of sp³-hybridized carbons (Fsp3) is 0.682. The highest BCUT2D eigenvalue weighted by molar-refractivity contribution is 5.57. The molecule has 1 aromatic carbocycles. The second-order valence-corrected chi connectivity index (χ2v) is 8.23. The van der Waals surface area contributed by atoms with Gasteiger partial charge in [-0.25, -0.2) is 4.79 Å². The van der Waals surface area contributed by atoms with Gasteiger partial charge in [0.1, 0.15) is 17.1 Å². The molecule has 6 nitrogen and oxygen atoms in total. The molecule has 1 N–H and O–H groups in total. The molecule has 28 heavy (non-hydrogen) atoms. The molecule has 2 aliphatic carbocycles. The van der Waals surface area contributed by atoms with Crippen molar-refractivity contribution in [2.45, 2.75) is 76.3 Å². The van der Waals surface area contributed by atoms with Crippen LogP contribution in [-0.2, 0) is 15.1 Å². The standard InChI is InChI=1S/C22H30O6/c1-25-17-12-13-18-19(14-17)26-21(27-20(23)24)28-22(18,15-8-4-2-5-9-15)16-10-6-3-7-11-16/h12-16,21H,2-11H2,1H3,(H,23,24). The van der Waals surface area contributed by atoms with Crippen LogP contribution < -0.4 is 9.47 Å². The van der Waals surface area contributed by atoms with Gasteiger partial charge >= 0.3 is 12.6 Å². The van der Waals surface area contributed by atoms with Crippen molar-refractivity contribution in [1.29, 1.82) is 0 Å². The highest BCUT2D eigenvalue weighted by Gasteiger charge is 2.54. The summed E-state index contributed by atoms with van der Waals surface area (Å²) < 4.78 is 22.7. The molecule has 1 atom stereocenters. The number of methoxy groups -OCH3 is 1. The monoisotopic (exact) mass is 390 g/mol. The van der Waals surface area contributed by atoms with E-state index in [-0.39, 0.29) is 0 Å². The highest BCUT2D eigenvalue weighted by atomic mass is 16.9. The van der Waals surface area contributed by atoms with Crippen molar-refractivity contribution in [3.05, 3.63) is 23.8 Å². The number of fused-ring (bicyclic) bond motifs is 1. The second kappa shape index (κ2) is 8.19. The van der Waals surface area contributed by atoms with E-state index in [1.807, 2.05) is 18.2 Å². The number of carbonyl (C=O) groups is 1. The van der Waals surface area contributed by atoms with Crippen molar-refractivity contribution in [3.63, 3.8) is 0 Å². The molecule has 1 aliphatic heterocycles. The van der Waals surface area contributed by atoms with Crippen LogP contribution in [0.25, 0.3) is 0 Å². The van der Waals surface area contributed by atoms with Crippen LogP contribution in [0.1, 0.15) is 69.8 Å². The predicted molar refractivity (Wildman–Crippen MR) is 102 cm³/mol. The maximum atomic E-state index is 11.3. The Kier molecular flexibility index (Phi) is 5.67. The fourth-order valence-electron chi connectivity index (χ4n) is 5.56. The van der Waals surface area contributed by atoms with Gasteiger partial charge in [-0.3, -0.25) is 4.74 Å². The van der Waals surface area contributed by atoms with Crippen LogP contribution in [-0.4, -0.2) is 24.8 Å². The quantitative estimate of drug-likeness (QED) is 0.690. The summed E-state index contributed by atoms with van der Waals surface area (Å²) in [6.07, 6.45) is 10.2. The molecule has 2 saturated carbocycles. The van der Waals surface area contributed by atoms with Gasteiger partial charge in [0, 0.05) is 11.6 Å². The Morgan fingerprint density at radius 1 is 1.04 bits per heavy atom. The molecule has 3 aliphatic rings. The third-order valence-electron chi connectivity index (χ3n) is 6.74. The zero-order valence-electron chi connectivity index (χ0n) is 16.5. The van der Waals surface area contributed by atoms with E-state index in [9.17, 15) is 9.90 Å². The number of hydrogen-bond acceptors (Lipinski definition) is 5. The highest BCUT2D eigenvalue weighted by Crippen LogP contribution is 2.56. The van der Waals surface area contributed by atoms with E-state index in [0.717, 1.165) is 31.2 Å². The summed E-state index contributed by atoms with van der Waals surface area (Å²) in [5.41, 5.74) is 0.457. The van der Waals surface area contributed by atoms with Crippen LogP contribution in [0.15, 0.2) is 18.2 Å². The van der Waals surface area contributed by atoms with Crippen LogP contribution >= 0.6 is 0 Å². The lowest BCUT2D eigenvalue weighted by atomic mass is 9.63. The lowest BCUT2D eigenvalue weighted by Gasteiger charge is -2.52. The Morgan fingerprint density at radius 3 is 2.18 bits per heavy atom. The third kappa shape index (κ3) is 3.54. The summed E-state index contributed by atoms with van der Waals surface area (Å²) in [6, 6.07) is 5.83. The van der Waals surface area contributed by atoms with Crippen LogP contribution in [0.4, 0.5) is 4.79 Å². The van der Waals surface area contributed by atoms with Crippen LogP contribution in [0, 0.1) is 11.8 Å². The summed E-state index contributed by atoms with van der Waals surface area (Å²) in [6.45, 7) is -1.25. The van der Waals surface area contributed by atoms with E-state index < -0.39 is 18.2 Å². The second-order valence-electron chi connectivity index (χ2n) is 8.23. The minimum atomic E-state index is -1.39. The van der Waals surface area contributed by atoms with Gasteiger partial charge in [-0.05, 0) is 49.7 Å². The van der Waals surface area contributed by atoms with E-state index in [2.05, 4.69) is 0 Å². The summed E-state index contributed by atoms with van der Waals surface area (Å²) in [5.74, 6) is 1.96. The van der Waals surface area contributed by atoms with Gasteiger partial charge < -0.3 is 19.3 Å². The number of carboxylic acid groups (broad SMARTS) is 1. The van der Waals surface area contributed by atoms with Crippen molar-refractivity contribution >= 4 is 6.16 Å². The van der Waals surface area contributed by atoms with Gasteiger partial charge in [0.05, 0.1) is 7.11 Å². The van der Waals surface area contributed by atoms with Crippen molar-refractivity contribution < 1.29 is 28.8 Å². The van der Waals surface area contributed by atoms with Crippen molar-refractivity contribution in [3.8, 4) is 11.5 Å². The van der Waals surface area contributed by atoms with Crippen molar-refractivity contribution in [2.24, 2.45) is 11.8 Å². The fourth-order valence-corrected chi connectivity index (χ4v) is 5.56. The topological polar surface area (TPSA) is 74.2 Å². The molecule has 0 spiro atoms. The molecule has 2 fully saturated rings. The maximum absolute atomic E-state index is 11.3. The Hall–Kier alpha value is -1.95. The van der Waals surface area contributed by atoms with Crippen LogP contribution in [0.3, 0.4) is 0 Å². The van der Waals surface area contributed by atoms with E-state index in [1.54, 1.807) is 7.11 Å². The maximum Gasteiger partial charge on any atom is 0.510 e. The van der Waals surface area contributed by atoms with Crippen LogP contribution in [0.2, 0.25) is 0 Å². The Labute approximate surface area is 166 Å². The molecule has 0 aromatic heterocycles. The smallest absolute Gasteiger partial charge is 0.497 e. The van der Waals surface area contributed by atoms with Gasteiger partial charge in [-0.1, -0.05) is 38.5 Å². The zero-order valence-corrected chi connectivity index (χ0v) is 16.5. The molecule has 4 rings (SSSR count). The average Bonchev–Trinajstić information content (AvgIpc) is 2.73. The molecular weight excluding hydrogens is 360 g/mol. The molecule has 0 saturated heterocycles. The van der Waals surface area contributed by atoms with Crippen molar-refractivity contribution in [2.75, 3.05) is 7.11 Å². The predicted octanol–water partition coefficient (Wildman–Crippen LogP) is 5.44. The number of hydrogen-bond donors (Lipinski definition) is 1. The minimum absolute atomic E-state index is 0.334. The average molecular weight is 390 g/mol. The summed E-state index contributed by atoms with van der Waals surface area (Å²) in [4.78, 5) is 11.3. The first-order valence-electron chi connectivity index (χ1n) is 10.6. The molecule has 154 valence electrons. The molecule has 0 radical (unpaired) electrons. The number of ether oxygens (including phenoxy) is 4. The summed E-state index contributed by atoms with van der Waals surface area (Å²) in [7, 11) is 1.61. The molecule has 1 unspecified atom stereocenters. The van der Waals surface area contributed by atoms with Gasteiger partial charge in [0.15, 0.2) is 0 Å². The first kappa shape index (κ1) is 19.4. The Bertz CT molecular complexity index is 672. The molecule has 6 heteroatoms. The molecule has 0 bridgehead atoms. The van der Waals surface area contributed by atoms with E-state index in [0.29, 0.717) is 23.3 Å². The Morgan fingerprint density at radius 2 is 1.64 bits per heavy atom. The molecule has 1 heterocycles. The Balaban J connectivity index is 1.82. The summed E-state index contributed by atoms with van der Waals surface area (Å²) >= 11 is 0. The van der Waals surface area contributed by atoms with E-state index >= 15 is 0 Å². The lowest BCUT2D eigenvalue weighted by molar-refractivity contribution is -0.324. The molecule has 1 aromatic rings. The minimum Gasteiger partial charge on any atom is -0.497 e. The number of rotatable bonds is 4. The van der Waals surface area contributed by atoms with E-state index in [1.165, 1.54) is 38.5 Å². The van der Waals surface area contributed by atoms with Gasteiger partial charge in [0.2, 0.25) is 0 Å². The lowest BCUT2D eigenvalue weighted by Crippen LogP contribution is -2.53. The molecule has 0 amide bonds. The normalized spacial score (nSPS) is 25.4. The third-order valence-corrected chi connectivity index (χ3v) is 6.74.